The first-order chi connectivity index (χ1) is 14.2. The quantitative estimate of drug-likeness (QED) is 0.788. The number of piperazine rings is 1. The number of benzene rings is 2. The maximum atomic E-state index is 13.1. The Morgan fingerprint density at radius 1 is 0.897 bits per heavy atom. The van der Waals surface area contributed by atoms with Gasteiger partial charge in [0.15, 0.2) is 6.54 Å². The predicted molar refractivity (Wildman–Crippen MR) is 112 cm³/mol. The van der Waals surface area contributed by atoms with Crippen LogP contribution in [0.5, 0.6) is 0 Å². The molecule has 0 aromatic heterocycles. The number of nitrogens with one attached hydrogen (secondary N) is 2. The lowest BCUT2D eigenvalue weighted by molar-refractivity contribution is -0.892. The lowest BCUT2D eigenvalue weighted by Gasteiger charge is -2.33. The minimum absolute atomic E-state index is 0.0364. The third-order valence-corrected chi connectivity index (χ3v) is 5.60. The van der Waals surface area contributed by atoms with E-state index in [0.717, 1.165) is 69.5 Å². The zero-order chi connectivity index (χ0) is 20.1. The molecule has 2 N–H and O–H groups in total. The van der Waals surface area contributed by atoms with E-state index in [1.54, 1.807) is 0 Å². The molecular weight excluding hydrogens is 371 g/mol. The van der Waals surface area contributed by atoms with Gasteiger partial charge in [0.05, 0.1) is 39.4 Å². The van der Waals surface area contributed by atoms with Crippen LogP contribution in [0.2, 0.25) is 0 Å². The normalized spacial score (nSPS) is 18.0. The number of halogens is 1. The van der Waals surface area contributed by atoms with Crippen LogP contribution in [0.4, 0.5) is 21.5 Å². The Kier molecular flexibility index (Phi) is 6.27. The summed E-state index contributed by atoms with van der Waals surface area (Å²) in [5.41, 5.74) is 3.03. The first kappa shape index (κ1) is 19.7. The maximum absolute atomic E-state index is 13.1. The number of carbonyl (C=O) groups excluding carboxylic acids is 1. The van der Waals surface area contributed by atoms with Crippen molar-refractivity contribution in [3.63, 3.8) is 0 Å². The van der Waals surface area contributed by atoms with Crippen LogP contribution < -0.4 is 20.0 Å². The highest BCUT2D eigenvalue weighted by Crippen LogP contribution is 2.19. The van der Waals surface area contributed by atoms with Crippen molar-refractivity contribution in [3.05, 3.63) is 54.3 Å². The fourth-order valence-corrected chi connectivity index (χ4v) is 3.92. The van der Waals surface area contributed by atoms with Gasteiger partial charge in [0.2, 0.25) is 0 Å². The topological polar surface area (TPSA) is 49.2 Å². The molecule has 7 heteroatoms. The van der Waals surface area contributed by atoms with E-state index in [2.05, 4.69) is 27.2 Å². The summed E-state index contributed by atoms with van der Waals surface area (Å²) in [5, 5.41) is 3.01. The number of carbonyl (C=O) groups is 1. The zero-order valence-electron chi connectivity index (χ0n) is 16.6. The summed E-state index contributed by atoms with van der Waals surface area (Å²) in [6, 6.07) is 14.6. The van der Waals surface area contributed by atoms with Crippen LogP contribution in [0.15, 0.2) is 48.5 Å². The number of ether oxygens (including phenoxy) is 1. The molecule has 1 amide bonds. The molecule has 2 aromatic carbocycles. The van der Waals surface area contributed by atoms with Gasteiger partial charge in [-0.25, -0.2) is 4.39 Å². The fraction of sp³-hybridized carbons (Fsp3) is 0.409. The molecule has 2 aliphatic heterocycles. The smallest absolute Gasteiger partial charge is 0.279 e. The molecule has 2 saturated heterocycles. The van der Waals surface area contributed by atoms with Crippen molar-refractivity contribution in [2.24, 2.45) is 0 Å². The zero-order valence-corrected chi connectivity index (χ0v) is 16.6. The minimum Gasteiger partial charge on any atom is -0.378 e. The van der Waals surface area contributed by atoms with E-state index < -0.39 is 0 Å². The van der Waals surface area contributed by atoms with Gasteiger partial charge >= 0.3 is 0 Å². The number of morpholine rings is 1. The molecule has 0 radical (unpaired) electrons. The summed E-state index contributed by atoms with van der Waals surface area (Å²) in [7, 11) is 0. The fourth-order valence-electron chi connectivity index (χ4n) is 3.92. The van der Waals surface area contributed by atoms with Gasteiger partial charge in [-0.2, -0.15) is 0 Å². The summed E-state index contributed by atoms with van der Waals surface area (Å²) in [6.45, 7) is 7.29. The van der Waals surface area contributed by atoms with Crippen molar-refractivity contribution in [1.82, 2.24) is 0 Å². The highest BCUT2D eigenvalue weighted by Gasteiger charge is 2.22. The van der Waals surface area contributed by atoms with Crippen LogP contribution in [0.25, 0.3) is 0 Å². The third-order valence-electron chi connectivity index (χ3n) is 5.60. The second kappa shape index (κ2) is 9.24. The van der Waals surface area contributed by atoms with Crippen LogP contribution in [-0.4, -0.2) is 64.9 Å². The number of hydrogen-bond donors (Lipinski definition) is 2. The first-order valence-corrected chi connectivity index (χ1v) is 10.2. The van der Waals surface area contributed by atoms with E-state index in [9.17, 15) is 9.18 Å². The Hall–Kier alpha value is -2.64. The van der Waals surface area contributed by atoms with E-state index in [0.29, 0.717) is 6.54 Å². The van der Waals surface area contributed by atoms with Crippen molar-refractivity contribution in [2.45, 2.75) is 0 Å². The van der Waals surface area contributed by atoms with E-state index >= 15 is 0 Å². The first-order valence-electron chi connectivity index (χ1n) is 10.2. The van der Waals surface area contributed by atoms with Gasteiger partial charge in [0.25, 0.3) is 5.91 Å². The van der Waals surface area contributed by atoms with Gasteiger partial charge < -0.3 is 24.8 Å². The second-order valence-electron chi connectivity index (χ2n) is 7.58. The molecule has 0 saturated carbocycles. The van der Waals surface area contributed by atoms with Crippen molar-refractivity contribution in [1.29, 1.82) is 0 Å². The Morgan fingerprint density at radius 2 is 1.45 bits per heavy atom. The molecular formula is C22H28FN4O2+. The molecule has 2 aromatic rings. The Bertz CT molecular complexity index is 799. The summed E-state index contributed by atoms with van der Waals surface area (Å²) < 4.78 is 18.5. The Morgan fingerprint density at radius 3 is 2.07 bits per heavy atom. The number of quaternary nitrogens is 1. The number of anilines is 3. The molecule has 0 unspecified atom stereocenters. The monoisotopic (exact) mass is 399 g/mol. The summed E-state index contributed by atoms with van der Waals surface area (Å²) in [4.78, 5) is 18.2. The maximum Gasteiger partial charge on any atom is 0.279 e. The number of nitrogens with zero attached hydrogens (tertiary/aromatic N) is 2. The van der Waals surface area contributed by atoms with Gasteiger partial charge in [0, 0.05) is 30.2 Å². The number of amides is 1. The van der Waals surface area contributed by atoms with Crippen LogP contribution in [0.3, 0.4) is 0 Å². The number of rotatable bonds is 5. The molecule has 6 nitrogen and oxygen atoms in total. The van der Waals surface area contributed by atoms with Crippen LogP contribution in [0.1, 0.15) is 0 Å². The molecule has 4 rings (SSSR count). The average molecular weight is 399 g/mol. The van der Waals surface area contributed by atoms with Crippen molar-refractivity contribution >= 4 is 23.0 Å². The molecule has 2 aliphatic rings. The Labute approximate surface area is 170 Å². The molecule has 0 bridgehead atoms. The van der Waals surface area contributed by atoms with Crippen LogP contribution in [0, 0.1) is 5.82 Å². The highest BCUT2D eigenvalue weighted by molar-refractivity contribution is 5.91. The van der Waals surface area contributed by atoms with E-state index in [1.807, 2.05) is 24.3 Å². The van der Waals surface area contributed by atoms with E-state index in [1.165, 1.54) is 17.0 Å². The summed E-state index contributed by atoms with van der Waals surface area (Å²) in [5.74, 6) is -0.179. The molecule has 2 heterocycles. The van der Waals surface area contributed by atoms with Gasteiger partial charge in [0.1, 0.15) is 5.82 Å². The predicted octanol–water partition coefficient (Wildman–Crippen LogP) is 1.01. The lowest BCUT2D eigenvalue weighted by atomic mass is 10.2. The molecule has 0 spiro atoms. The molecule has 29 heavy (non-hydrogen) atoms. The van der Waals surface area contributed by atoms with Gasteiger partial charge in [-0.1, -0.05) is 0 Å². The number of hydrogen-bond acceptors (Lipinski definition) is 4. The van der Waals surface area contributed by atoms with E-state index in [-0.39, 0.29) is 11.7 Å². The minimum atomic E-state index is -0.215. The third kappa shape index (κ3) is 5.25. The summed E-state index contributed by atoms with van der Waals surface area (Å²) >= 11 is 0. The Balaban J connectivity index is 1.23. The lowest BCUT2D eigenvalue weighted by Crippen LogP contribution is -3.15. The van der Waals surface area contributed by atoms with Gasteiger partial charge in [-0.15, -0.1) is 0 Å². The van der Waals surface area contributed by atoms with Crippen molar-refractivity contribution < 1.29 is 18.8 Å². The van der Waals surface area contributed by atoms with Gasteiger partial charge in [-0.05, 0) is 48.5 Å². The van der Waals surface area contributed by atoms with Crippen LogP contribution >= 0.6 is 0 Å². The summed E-state index contributed by atoms with van der Waals surface area (Å²) in [6.07, 6.45) is 0. The highest BCUT2D eigenvalue weighted by atomic mass is 19.1. The van der Waals surface area contributed by atoms with Crippen molar-refractivity contribution in [3.8, 4) is 0 Å². The van der Waals surface area contributed by atoms with Gasteiger partial charge in [-0.3, -0.25) is 4.79 Å². The molecule has 0 aliphatic carbocycles. The SMILES string of the molecule is O=C(C[NH+]1CCN(c2ccc(F)cc2)CC1)Nc1ccc(N2CCOCC2)cc1. The molecule has 154 valence electrons. The van der Waals surface area contributed by atoms with E-state index in [4.69, 9.17) is 4.74 Å². The second-order valence-corrected chi connectivity index (χ2v) is 7.58. The van der Waals surface area contributed by atoms with Crippen molar-refractivity contribution in [2.75, 3.05) is 74.1 Å². The largest absolute Gasteiger partial charge is 0.378 e. The molecule has 0 atom stereocenters. The standard InChI is InChI=1S/C22H27FN4O2/c23-18-1-5-20(6-2-18)26-11-9-25(10-12-26)17-22(28)24-19-3-7-21(8-4-19)27-13-15-29-16-14-27/h1-8H,9-17H2,(H,24,28)/p+1. The molecule has 2 fully saturated rings. The average Bonchev–Trinajstić information content (AvgIpc) is 2.76. The van der Waals surface area contributed by atoms with Crippen LogP contribution in [-0.2, 0) is 9.53 Å².